The first-order valence-corrected chi connectivity index (χ1v) is 8.94. The third-order valence-corrected chi connectivity index (χ3v) is 5.75. The average Bonchev–Trinajstić information content (AvgIpc) is 3.28. The minimum Gasteiger partial charge on any atom is -0.460 e. The fourth-order valence-electron chi connectivity index (χ4n) is 4.22. The van der Waals surface area contributed by atoms with Crippen LogP contribution in [0.2, 0.25) is 0 Å². The lowest BCUT2D eigenvalue weighted by atomic mass is 9.77. The van der Waals surface area contributed by atoms with E-state index in [2.05, 4.69) is 6.92 Å². The van der Waals surface area contributed by atoms with Gasteiger partial charge in [0, 0.05) is 6.04 Å². The molecule has 2 bridgehead atoms. The van der Waals surface area contributed by atoms with Crippen molar-refractivity contribution >= 4 is 11.9 Å². The zero-order valence-corrected chi connectivity index (χ0v) is 14.6. The number of fused-ring (bicyclic) bond motifs is 1. The maximum atomic E-state index is 13.0. The third-order valence-electron chi connectivity index (χ3n) is 5.75. The van der Waals surface area contributed by atoms with Gasteiger partial charge in [0.1, 0.15) is 18.1 Å². The van der Waals surface area contributed by atoms with E-state index in [1.165, 1.54) is 0 Å². The summed E-state index contributed by atoms with van der Waals surface area (Å²) in [5, 5.41) is 0. The number of ether oxygens (including phenoxy) is 2. The van der Waals surface area contributed by atoms with Crippen LogP contribution in [0, 0.1) is 11.8 Å². The standard InChI is InChI=1S/C20H23NO4/c1-3-13(2)21-12-20-10-9-15(25-20)16(17(20)18(21)22)19(23)24-11-14-7-5-4-6-8-14/h4-10,13,15-17H,3,11-12H2,1-2H3/t13-,15-,16+,17-,20+/m0/s1. The molecule has 3 heterocycles. The molecule has 0 saturated carbocycles. The average molecular weight is 341 g/mol. The molecule has 3 aliphatic heterocycles. The van der Waals surface area contributed by atoms with Crippen molar-refractivity contribution < 1.29 is 19.1 Å². The molecule has 3 aliphatic rings. The maximum Gasteiger partial charge on any atom is 0.313 e. The number of rotatable bonds is 5. The Hall–Kier alpha value is -2.14. The second kappa shape index (κ2) is 5.99. The number of hydrogen-bond donors (Lipinski definition) is 0. The fourth-order valence-corrected chi connectivity index (χ4v) is 4.22. The first-order valence-electron chi connectivity index (χ1n) is 8.94. The highest BCUT2D eigenvalue weighted by Gasteiger charge is 2.67. The van der Waals surface area contributed by atoms with Crippen molar-refractivity contribution in [2.24, 2.45) is 11.8 Å². The molecule has 0 radical (unpaired) electrons. The fraction of sp³-hybridized carbons (Fsp3) is 0.500. The predicted octanol–water partition coefficient (Wildman–Crippen LogP) is 2.31. The highest BCUT2D eigenvalue weighted by molar-refractivity contribution is 5.91. The highest BCUT2D eigenvalue weighted by Crippen LogP contribution is 2.52. The second-order valence-electron chi connectivity index (χ2n) is 7.22. The number of hydrogen-bond acceptors (Lipinski definition) is 4. The molecule has 1 aromatic rings. The van der Waals surface area contributed by atoms with Gasteiger partial charge in [0.05, 0.1) is 18.6 Å². The molecule has 2 fully saturated rings. The van der Waals surface area contributed by atoms with Crippen LogP contribution in [-0.2, 0) is 25.7 Å². The molecule has 25 heavy (non-hydrogen) atoms. The zero-order chi connectivity index (χ0) is 17.6. The van der Waals surface area contributed by atoms with Crippen LogP contribution >= 0.6 is 0 Å². The largest absolute Gasteiger partial charge is 0.460 e. The van der Waals surface area contributed by atoms with Crippen molar-refractivity contribution in [3.05, 3.63) is 48.0 Å². The topological polar surface area (TPSA) is 55.8 Å². The van der Waals surface area contributed by atoms with Gasteiger partial charge in [-0.25, -0.2) is 0 Å². The van der Waals surface area contributed by atoms with Crippen molar-refractivity contribution in [2.45, 2.75) is 44.6 Å². The lowest BCUT2D eigenvalue weighted by molar-refractivity contribution is -0.155. The summed E-state index contributed by atoms with van der Waals surface area (Å²) >= 11 is 0. The van der Waals surface area contributed by atoms with Gasteiger partial charge in [0.2, 0.25) is 5.91 Å². The van der Waals surface area contributed by atoms with Crippen LogP contribution in [0.1, 0.15) is 25.8 Å². The maximum absolute atomic E-state index is 13.0. The lowest BCUT2D eigenvalue weighted by Gasteiger charge is -2.26. The Bertz CT molecular complexity index is 716. The summed E-state index contributed by atoms with van der Waals surface area (Å²) in [5.74, 6) is -1.33. The van der Waals surface area contributed by atoms with Gasteiger partial charge in [-0.15, -0.1) is 0 Å². The Labute approximate surface area is 147 Å². The SMILES string of the molecule is CC[C@H](C)N1C[C@@]23C=C[C@H](O2)[C@@H](C(=O)OCc2ccccc2)[C@H]3C1=O. The van der Waals surface area contributed by atoms with E-state index in [-0.39, 0.29) is 30.6 Å². The highest BCUT2D eigenvalue weighted by atomic mass is 16.6. The molecule has 1 spiro atoms. The Morgan fingerprint density at radius 2 is 2.16 bits per heavy atom. The van der Waals surface area contributed by atoms with E-state index in [9.17, 15) is 9.59 Å². The molecular formula is C20H23NO4. The summed E-state index contributed by atoms with van der Waals surface area (Å²) in [6.45, 7) is 4.84. The number of likely N-dealkylation sites (tertiary alicyclic amines) is 1. The molecular weight excluding hydrogens is 318 g/mol. The third kappa shape index (κ3) is 2.49. The van der Waals surface area contributed by atoms with Crippen LogP contribution in [0.15, 0.2) is 42.5 Å². The summed E-state index contributed by atoms with van der Waals surface area (Å²) in [4.78, 5) is 27.6. The minimum absolute atomic E-state index is 0.0165. The number of carbonyl (C=O) groups excluding carboxylic acids is 2. The molecule has 5 atom stereocenters. The van der Waals surface area contributed by atoms with Crippen LogP contribution in [0.25, 0.3) is 0 Å². The first kappa shape index (κ1) is 16.3. The van der Waals surface area contributed by atoms with Crippen molar-refractivity contribution in [3.63, 3.8) is 0 Å². The van der Waals surface area contributed by atoms with E-state index in [0.717, 1.165) is 12.0 Å². The van der Waals surface area contributed by atoms with Gasteiger partial charge in [-0.3, -0.25) is 9.59 Å². The molecule has 5 heteroatoms. The number of amides is 1. The van der Waals surface area contributed by atoms with Crippen molar-refractivity contribution in [3.8, 4) is 0 Å². The van der Waals surface area contributed by atoms with E-state index in [4.69, 9.17) is 9.47 Å². The van der Waals surface area contributed by atoms with Gasteiger partial charge in [-0.1, -0.05) is 49.4 Å². The van der Waals surface area contributed by atoms with E-state index >= 15 is 0 Å². The molecule has 0 aliphatic carbocycles. The van der Waals surface area contributed by atoms with Crippen LogP contribution in [0.4, 0.5) is 0 Å². The number of benzene rings is 1. The lowest BCUT2D eigenvalue weighted by Crippen LogP contribution is -2.41. The van der Waals surface area contributed by atoms with Gasteiger partial charge in [-0.05, 0) is 18.9 Å². The van der Waals surface area contributed by atoms with Gasteiger partial charge in [-0.2, -0.15) is 0 Å². The molecule has 2 saturated heterocycles. The van der Waals surface area contributed by atoms with E-state index < -0.39 is 17.4 Å². The first-order chi connectivity index (χ1) is 12.1. The van der Waals surface area contributed by atoms with Gasteiger partial charge in [0.25, 0.3) is 0 Å². The van der Waals surface area contributed by atoms with Crippen molar-refractivity contribution in [1.29, 1.82) is 0 Å². The summed E-state index contributed by atoms with van der Waals surface area (Å²) < 4.78 is 11.6. The van der Waals surface area contributed by atoms with Crippen LogP contribution in [-0.4, -0.2) is 41.1 Å². The minimum atomic E-state index is -0.651. The number of carbonyl (C=O) groups is 2. The molecule has 0 N–H and O–H groups in total. The Morgan fingerprint density at radius 3 is 2.88 bits per heavy atom. The van der Waals surface area contributed by atoms with Crippen LogP contribution in [0.3, 0.4) is 0 Å². The Balaban J connectivity index is 1.52. The smallest absolute Gasteiger partial charge is 0.313 e. The van der Waals surface area contributed by atoms with Gasteiger partial charge in [0.15, 0.2) is 0 Å². The van der Waals surface area contributed by atoms with Crippen molar-refractivity contribution in [1.82, 2.24) is 4.90 Å². The van der Waals surface area contributed by atoms with E-state index in [0.29, 0.717) is 6.54 Å². The number of nitrogens with zero attached hydrogens (tertiary/aromatic N) is 1. The molecule has 5 nitrogen and oxygen atoms in total. The Morgan fingerprint density at radius 1 is 1.40 bits per heavy atom. The monoisotopic (exact) mass is 341 g/mol. The molecule has 1 aromatic carbocycles. The second-order valence-corrected chi connectivity index (χ2v) is 7.22. The van der Waals surface area contributed by atoms with Crippen molar-refractivity contribution in [2.75, 3.05) is 6.54 Å². The summed E-state index contributed by atoms with van der Waals surface area (Å²) in [5.41, 5.74) is 0.283. The van der Waals surface area contributed by atoms with E-state index in [1.807, 2.05) is 54.3 Å². The van der Waals surface area contributed by atoms with Gasteiger partial charge >= 0.3 is 5.97 Å². The molecule has 132 valence electrons. The normalized spacial score (nSPS) is 33.6. The molecule has 1 amide bonds. The summed E-state index contributed by atoms with van der Waals surface area (Å²) in [6.07, 6.45) is 4.42. The summed E-state index contributed by atoms with van der Waals surface area (Å²) in [7, 11) is 0. The molecule has 4 rings (SSSR count). The van der Waals surface area contributed by atoms with Crippen LogP contribution in [0.5, 0.6) is 0 Å². The van der Waals surface area contributed by atoms with E-state index in [1.54, 1.807) is 0 Å². The zero-order valence-electron chi connectivity index (χ0n) is 14.6. The van der Waals surface area contributed by atoms with Crippen LogP contribution < -0.4 is 0 Å². The molecule has 0 aromatic heterocycles. The predicted molar refractivity (Wildman–Crippen MR) is 91.4 cm³/mol. The Kier molecular flexibility index (Phi) is 3.91. The number of esters is 1. The van der Waals surface area contributed by atoms with Gasteiger partial charge < -0.3 is 14.4 Å². The summed E-state index contributed by atoms with van der Waals surface area (Å²) in [6, 6.07) is 9.71. The molecule has 0 unspecified atom stereocenters. The quantitative estimate of drug-likeness (QED) is 0.609.